The molecule has 0 amide bonds. The summed E-state index contributed by atoms with van der Waals surface area (Å²) in [7, 11) is 3.19. The molecule has 0 radical (unpaired) electrons. The lowest BCUT2D eigenvalue weighted by Crippen LogP contribution is -2.58. The average Bonchev–Trinajstić information content (AvgIpc) is 3.19. The van der Waals surface area contributed by atoms with Crippen molar-refractivity contribution in [1.29, 1.82) is 0 Å². The highest BCUT2D eigenvalue weighted by Gasteiger charge is 2.55. The van der Waals surface area contributed by atoms with Gasteiger partial charge in [0.1, 0.15) is 11.7 Å². The standard InChI is InChI=1S/C21H20N4O4S/c1-11-12(10-22-24(11)3)9-15-18(26)25-17-13-7-5-6-8-14(13)29-21(2,23-20(25)30-15)16(17)19(27)28-4/h5-10,16-17H,1-4H3/b15-9+/t16-,17-,21-/m1/s1. The summed E-state index contributed by atoms with van der Waals surface area (Å²) in [6.45, 7) is 3.71. The maximum absolute atomic E-state index is 13.5. The first-order chi connectivity index (χ1) is 14.3. The largest absolute Gasteiger partial charge is 0.469 e. The number of aryl methyl sites for hydroxylation is 1. The third-order valence-corrected chi connectivity index (χ3v) is 6.88. The predicted octanol–water partition coefficient (Wildman–Crippen LogP) is 0.901. The van der Waals surface area contributed by atoms with Gasteiger partial charge in [-0.15, -0.1) is 0 Å². The van der Waals surface area contributed by atoms with Crippen molar-refractivity contribution in [2.24, 2.45) is 18.0 Å². The van der Waals surface area contributed by atoms with Gasteiger partial charge in [-0.2, -0.15) is 5.10 Å². The van der Waals surface area contributed by atoms with Gasteiger partial charge in [0.15, 0.2) is 4.80 Å². The van der Waals surface area contributed by atoms with E-state index in [2.05, 4.69) is 5.10 Å². The lowest BCUT2D eigenvalue weighted by atomic mass is 9.81. The maximum Gasteiger partial charge on any atom is 0.317 e. The van der Waals surface area contributed by atoms with Crippen LogP contribution in [-0.4, -0.2) is 33.2 Å². The molecule has 3 aromatic rings. The summed E-state index contributed by atoms with van der Waals surface area (Å²) in [4.78, 5) is 31.5. The summed E-state index contributed by atoms with van der Waals surface area (Å²) in [5.41, 5.74) is 1.23. The molecule has 1 aromatic carbocycles. The zero-order valence-corrected chi connectivity index (χ0v) is 17.8. The number of carbonyl (C=O) groups excluding carboxylic acids is 1. The fourth-order valence-electron chi connectivity index (χ4n) is 4.23. The quantitative estimate of drug-likeness (QED) is 0.571. The molecule has 0 saturated carbocycles. The fraction of sp³-hybridized carbons (Fsp3) is 0.333. The SMILES string of the molecule is COC(=O)[C@H]1[C@H]2c3ccccc3O[C@@]1(C)N=c1s/c(=C/c3cnn(C)c3C)c(=O)n12. The number of aromatic nitrogens is 3. The van der Waals surface area contributed by atoms with E-state index >= 15 is 0 Å². The Bertz CT molecular complexity index is 1370. The van der Waals surface area contributed by atoms with E-state index in [1.807, 2.05) is 44.3 Å². The van der Waals surface area contributed by atoms with Crippen molar-refractivity contribution < 1.29 is 14.3 Å². The first-order valence-corrected chi connectivity index (χ1v) is 10.3. The Balaban J connectivity index is 1.81. The lowest BCUT2D eigenvalue weighted by Gasteiger charge is -2.44. The molecule has 0 spiro atoms. The molecule has 0 saturated heterocycles. The number of esters is 1. The molecule has 2 aromatic heterocycles. The molecule has 8 nitrogen and oxygen atoms in total. The van der Waals surface area contributed by atoms with Crippen LogP contribution in [0, 0.1) is 12.8 Å². The van der Waals surface area contributed by atoms with Crippen LogP contribution in [-0.2, 0) is 16.6 Å². The highest BCUT2D eigenvalue weighted by Crippen LogP contribution is 2.47. The van der Waals surface area contributed by atoms with E-state index in [0.29, 0.717) is 15.1 Å². The van der Waals surface area contributed by atoms with Gasteiger partial charge >= 0.3 is 5.97 Å². The number of carbonyl (C=O) groups is 1. The van der Waals surface area contributed by atoms with Crippen LogP contribution in [0.2, 0.25) is 0 Å². The number of thiazole rings is 1. The number of para-hydroxylation sites is 1. The molecule has 0 N–H and O–H groups in total. The number of hydrogen-bond acceptors (Lipinski definition) is 7. The second kappa shape index (κ2) is 6.40. The van der Waals surface area contributed by atoms with Gasteiger partial charge in [0, 0.05) is 23.9 Å². The van der Waals surface area contributed by atoms with Gasteiger partial charge in [0.25, 0.3) is 5.56 Å². The highest BCUT2D eigenvalue weighted by molar-refractivity contribution is 7.07. The molecule has 0 unspecified atom stereocenters. The summed E-state index contributed by atoms with van der Waals surface area (Å²) in [5.74, 6) is -0.616. The number of hydrogen-bond donors (Lipinski definition) is 0. The lowest BCUT2D eigenvalue weighted by molar-refractivity contribution is -0.158. The molecule has 9 heteroatoms. The van der Waals surface area contributed by atoms with Gasteiger partial charge in [0.2, 0.25) is 5.72 Å². The Kier molecular flexibility index (Phi) is 4.01. The van der Waals surface area contributed by atoms with Crippen LogP contribution in [0.5, 0.6) is 5.75 Å². The Hall–Kier alpha value is -3.20. The number of ether oxygens (including phenoxy) is 2. The fourth-order valence-corrected chi connectivity index (χ4v) is 5.32. The predicted molar refractivity (Wildman–Crippen MR) is 110 cm³/mol. The molecule has 4 heterocycles. The molecular formula is C21H20N4O4S. The van der Waals surface area contributed by atoms with E-state index in [1.54, 1.807) is 22.4 Å². The van der Waals surface area contributed by atoms with Crippen LogP contribution in [0.3, 0.4) is 0 Å². The molecule has 5 rings (SSSR count). The number of methoxy groups -OCH3 is 1. The van der Waals surface area contributed by atoms with Gasteiger partial charge in [-0.1, -0.05) is 29.5 Å². The summed E-state index contributed by atoms with van der Waals surface area (Å²) < 4.78 is 15.1. The van der Waals surface area contributed by atoms with E-state index in [9.17, 15) is 9.59 Å². The van der Waals surface area contributed by atoms with Crippen LogP contribution >= 0.6 is 11.3 Å². The van der Waals surface area contributed by atoms with Crippen molar-refractivity contribution in [3.05, 3.63) is 67.0 Å². The van der Waals surface area contributed by atoms with Gasteiger partial charge in [-0.3, -0.25) is 18.8 Å². The van der Waals surface area contributed by atoms with Gasteiger partial charge < -0.3 is 9.47 Å². The van der Waals surface area contributed by atoms with E-state index in [-0.39, 0.29) is 5.56 Å². The van der Waals surface area contributed by atoms with E-state index in [1.165, 1.54) is 18.4 Å². The van der Waals surface area contributed by atoms with Crippen LogP contribution in [0.1, 0.15) is 29.8 Å². The summed E-state index contributed by atoms with van der Waals surface area (Å²) >= 11 is 1.29. The second-order valence-electron chi connectivity index (χ2n) is 7.63. The van der Waals surface area contributed by atoms with E-state index < -0.39 is 23.7 Å². The van der Waals surface area contributed by atoms with Crippen LogP contribution in [0.25, 0.3) is 6.08 Å². The minimum absolute atomic E-state index is 0.195. The Morgan fingerprint density at radius 3 is 2.83 bits per heavy atom. The summed E-state index contributed by atoms with van der Waals surface area (Å²) in [5, 5.41) is 4.24. The van der Waals surface area contributed by atoms with Crippen molar-refractivity contribution in [2.45, 2.75) is 25.6 Å². The molecule has 2 aliphatic heterocycles. The van der Waals surface area contributed by atoms with Gasteiger partial charge in [-0.05, 0) is 26.0 Å². The van der Waals surface area contributed by atoms with Crippen LogP contribution in [0.4, 0.5) is 0 Å². The smallest absolute Gasteiger partial charge is 0.317 e. The minimum Gasteiger partial charge on any atom is -0.469 e. The van der Waals surface area contributed by atoms with Gasteiger partial charge in [0.05, 0.1) is 23.9 Å². The normalized spacial score (nSPS) is 24.5. The van der Waals surface area contributed by atoms with Gasteiger partial charge in [-0.25, -0.2) is 4.99 Å². The molecule has 0 aliphatic carbocycles. The van der Waals surface area contributed by atoms with Crippen molar-refractivity contribution in [3.63, 3.8) is 0 Å². The molecule has 3 atom stereocenters. The van der Waals surface area contributed by atoms with Crippen molar-refractivity contribution in [3.8, 4) is 5.75 Å². The third-order valence-electron chi connectivity index (χ3n) is 5.89. The molecule has 0 fully saturated rings. The molecule has 30 heavy (non-hydrogen) atoms. The minimum atomic E-state index is -1.16. The van der Waals surface area contributed by atoms with Crippen LogP contribution < -0.4 is 19.6 Å². The highest BCUT2D eigenvalue weighted by atomic mass is 32.1. The molecular weight excluding hydrogens is 404 g/mol. The Labute approximate surface area is 175 Å². The van der Waals surface area contributed by atoms with E-state index in [4.69, 9.17) is 14.5 Å². The number of nitrogens with zero attached hydrogens (tertiary/aromatic N) is 4. The Morgan fingerprint density at radius 1 is 1.37 bits per heavy atom. The third kappa shape index (κ3) is 2.51. The molecule has 2 bridgehead atoms. The van der Waals surface area contributed by atoms with E-state index in [0.717, 1.165) is 16.8 Å². The van der Waals surface area contributed by atoms with Crippen molar-refractivity contribution in [1.82, 2.24) is 14.3 Å². The Morgan fingerprint density at radius 2 is 2.13 bits per heavy atom. The monoisotopic (exact) mass is 424 g/mol. The average molecular weight is 424 g/mol. The molecule has 2 aliphatic rings. The summed E-state index contributed by atoms with van der Waals surface area (Å²) in [6, 6.07) is 6.88. The maximum atomic E-state index is 13.5. The van der Waals surface area contributed by atoms with Crippen LogP contribution in [0.15, 0.2) is 40.2 Å². The zero-order valence-electron chi connectivity index (χ0n) is 16.9. The topological polar surface area (TPSA) is 87.7 Å². The first-order valence-electron chi connectivity index (χ1n) is 9.51. The van der Waals surface area contributed by atoms with Crippen molar-refractivity contribution in [2.75, 3.05) is 7.11 Å². The summed E-state index contributed by atoms with van der Waals surface area (Å²) in [6.07, 6.45) is 3.55. The number of fused-ring (bicyclic) bond motifs is 6. The molecule has 154 valence electrons. The number of rotatable bonds is 2. The second-order valence-corrected chi connectivity index (χ2v) is 8.64. The first kappa shape index (κ1) is 18.8. The van der Waals surface area contributed by atoms with Crippen molar-refractivity contribution >= 4 is 23.4 Å². The zero-order chi connectivity index (χ0) is 21.2. The number of benzene rings is 1.